The van der Waals surface area contributed by atoms with Crippen molar-refractivity contribution in [2.24, 2.45) is 0 Å². The van der Waals surface area contributed by atoms with Gasteiger partial charge >= 0.3 is 11.9 Å². The van der Waals surface area contributed by atoms with Crippen LogP contribution < -0.4 is 5.32 Å². The lowest BCUT2D eigenvalue weighted by Gasteiger charge is -2.22. The Labute approximate surface area is 197 Å². The van der Waals surface area contributed by atoms with E-state index < -0.39 is 30.0 Å². The van der Waals surface area contributed by atoms with Crippen molar-refractivity contribution in [3.8, 4) is 11.1 Å². The van der Waals surface area contributed by atoms with Crippen molar-refractivity contribution in [3.63, 3.8) is 0 Å². The Morgan fingerprint density at radius 3 is 2.12 bits per heavy atom. The number of hydrogen-bond donors (Lipinski definition) is 4. The van der Waals surface area contributed by atoms with E-state index in [1.807, 2.05) is 19.9 Å². The summed E-state index contributed by atoms with van der Waals surface area (Å²) in [7, 11) is 0. The van der Waals surface area contributed by atoms with Gasteiger partial charge in [0, 0.05) is 5.56 Å². The van der Waals surface area contributed by atoms with Crippen LogP contribution in [0.1, 0.15) is 51.6 Å². The van der Waals surface area contributed by atoms with Gasteiger partial charge in [-0.15, -0.1) is 0 Å². The maximum atomic E-state index is 13.1. The summed E-state index contributed by atoms with van der Waals surface area (Å²) in [6.45, 7) is 3.95. The average Bonchev–Trinajstić information content (AvgIpc) is 2.83. The fraction of sp³-hybridized carbons (Fsp3) is 0.222. The molecule has 0 aromatic heterocycles. The van der Waals surface area contributed by atoms with E-state index in [4.69, 9.17) is 0 Å². The van der Waals surface area contributed by atoms with Gasteiger partial charge in [0.05, 0.1) is 11.6 Å². The number of carboxylic acid groups (broad SMARTS) is 2. The highest BCUT2D eigenvalue weighted by molar-refractivity contribution is 5.99. The largest absolute Gasteiger partial charge is 0.479 e. The van der Waals surface area contributed by atoms with Crippen LogP contribution >= 0.6 is 0 Å². The van der Waals surface area contributed by atoms with E-state index >= 15 is 0 Å². The number of aliphatic hydroxyl groups is 1. The average molecular weight is 462 g/mol. The van der Waals surface area contributed by atoms with Crippen molar-refractivity contribution in [2.75, 3.05) is 0 Å². The summed E-state index contributed by atoms with van der Waals surface area (Å²) in [6.07, 6.45) is -1.68. The van der Waals surface area contributed by atoms with Gasteiger partial charge in [-0.3, -0.25) is 4.79 Å². The first-order valence-corrected chi connectivity index (χ1v) is 10.9. The van der Waals surface area contributed by atoms with Gasteiger partial charge in [-0.2, -0.15) is 0 Å². The van der Waals surface area contributed by atoms with Crippen molar-refractivity contribution in [1.29, 1.82) is 0 Å². The summed E-state index contributed by atoms with van der Waals surface area (Å²) in [5.41, 5.74) is 3.08. The summed E-state index contributed by atoms with van der Waals surface area (Å²) in [6, 6.07) is 19.5. The number of benzene rings is 3. The van der Waals surface area contributed by atoms with Gasteiger partial charge < -0.3 is 20.6 Å². The fourth-order valence-corrected chi connectivity index (χ4v) is 3.87. The van der Waals surface area contributed by atoms with Gasteiger partial charge in [0.25, 0.3) is 5.91 Å². The highest BCUT2D eigenvalue weighted by atomic mass is 16.4. The van der Waals surface area contributed by atoms with E-state index in [1.54, 1.807) is 60.7 Å². The number of carbonyl (C=O) groups is 3. The Balaban J connectivity index is 1.98. The second-order valence-electron chi connectivity index (χ2n) is 8.36. The lowest BCUT2D eigenvalue weighted by Crippen LogP contribution is -2.48. The maximum Gasteiger partial charge on any atom is 0.336 e. The SMILES string of the molecule is CC(C)c1ccc(C(=O)NC(Cc2ccccc2)C(O)C(=O)O)cc1-c1ccccc1C(=O)O. The van der Waals surface area contributed by atoms with Crippen LogP contribution in [0.2, 0.25) is 0 Å². The molecule has 0 fully saturated rings. The second kappa shape index (κ2) is 10.8. The molecule has 0 radical (unpaired) electrons. The van der Waals surface area contributed by atoms with Crippen LogP contribution in [0.25, 0.3) is 11.1 Å². The van der Waals surface area contributed by atoms with E-state index in [0.29, 0.717) is 11.1 Å². The van der Waals surface area contributed by atoms with Gasteiger partial charge in [0.15, 0.2) is 6.10 Å². The number of hydrogen-bond acceptors (Lipinski definition) is 4. The van der Waals surface area contributed by atoms with Crippen molar-refractivity contribution in [1.82, 2.24) is 5.32 Å². The molecule has 4 N–H and O–H groups in total. The molecular weight excluding hydrogens is 434 g/mol. The first kappa shape index (κ1) is 24.7. The molecule has 3 aromatic carbocycles. The lowest BCUT2D eigenvalue weighted by atomic mass is 9.88. The number of carboxylic acids is 2. The molecule has 0 saturated heterocycles. The van der Waals surface area contributed by atoms with Gasteiger partial charge in [-0.05, 0) is 52.8 Å². The Kier molecular flexibility index (Phi) is 7.81. The molecule has 3 rings (SSSR count). The van der Waals surface area contributed by atoms with Crippen LogP contribution in [0.5, 0.6) is 0 Å². The quantitative estimate of drug-likeness (QED) is 0.382. The molecule has 3 aromatic rings. The molecule has 1 amide bonds. The van der Waals surface area contributed by atoms with Crippen LogP contribution in [-0.4, -0.2) is 45.3 Å². The molecule has 34 heavy (non-hydrogen) atoms. The molecule has 0 spiro atoms. The molecule has 0 aliphatic carbocycles. The minimum absolute atomic E-state index is 0.0635. The van der Waals surface area contributed by atoms with Gasteiger partial charge in [-0.25, -0.2) is 9.59 Å². The zero-order valence-electron chi connectivity index (χ0n) is 18.9. The fourth-order valence-electron chi connectivity index (χ4n) is 3.87. The first-order valence-electron chi connectivity index (χ1n) is 10.9. The highest BCUT2D eigenvalue weighted by Gasteiger charge is 2.28. The third-order valence-corrected chi connectivity index (χ3v) is 5.63. The second-order valence-corrected chi connectivity index (χ2v) is 8.36. The monoisotopic (exact) mass is 461 g/mol. The minimum atomic E-state index is -1.80. The van der Waals surface area contributed by atoms with Crippen LogP contribution in [0, 0.1) is 0 Å². The van der Waals surface area contributed by atoms with E-state index in [2.05, 4.69) is 5.32 Å². The van der Waals surface area contributed by atoms with E-state index in [9.17, 15) is 29.7 Å². The number of aliphatic hydroxyl groups excluding tert-OH is 1. The number of rotatable bonds is 9. The molecule has 0 bridgehead atoms. The van der Waals surface area contributed by atoms with Gasteiger partial charge in [0.2, 0.25) is 0 Å². The third-order valence-electron chi connectivity index (χ3n) is 5.63. The molecule has 2 atom stereocenters. The zero-order valence-corrected chi connectivity index (χ0v) is 18.9. The molecule has 7 heteroatoms. The third kappa shape index (κ3) is 5.68. The standard InChI is InChI=1S/C27H27NO6/c1-16(2)19-13-12-18(15-22(19)20-10-6-7-11-21(20)26(31)32)25(30)28-23(24(29)27(33)34)14-17-8-4-3-5-9-17/h3-13,15-16,23-24,29H,14H2,1-2H3,(H,28,30)(H,31,32)(H,33,34). The van der Waals surface area contributed by atoms with Crippen molar-refractivity contribution >= 4 is 17.8 Å². The van der Waals surface area contributed by atoms with E-state index in [-0.39, 0.29) is 23.5 Å². The molecular formula is C27H27NO6. The smallest absolute Gasteiger partial charge is 0.336 e. The van der Waals surface area contributed by atoms with E-state index in [0.717, 1.165) is 11.1 Å². The summed E-state index contributed by atoms with van der Waals surface area (Å²) in [4.78, 5) is 36.4. The molecule has 0 saturated carbocycles. The first-order chi connectivity index (χ1) is 16.2. The number of carbonyl (C=O) groups excluding carboxylic acids is 1. The predicted octanol–water partition coefficient (Wildman–Crippen LogP) is 3.96. The minimum Gasteiger partial charge on any atom is -0.479 e. The number of nitrogens with one attached hydrogen (secondary N) is 1. The van der Waals surface area contributed by atoms with Gasteiger partial charge in [0.1, 0.15) is 0 Å². The highest BCUT2D eigenvalue weighted by Crippen LogP contribution is 2.32. The Morgan fingerprint density at radius 2 is 1.50 bits per heavy atom. The number of aromatic carboxylic acids is 1. The maximum absolute atomic E-state index is 13.1. The van der Waals surface area contributed by atoms with Gasteiger partial charge in [-0.1, -0.05) is 68.4 Å². The normalized spacial score (nSPS) is 12.7. The van der Waals surface area contributed by atoms with Crippen LogP contribution in [0.3, 0.4) is 0 Å². The molecule has 0 heterocycles. The summed E-state index contributed by atoms with van der Waals surface area (Å²) in [5, 5.41) is 31.8. The number of amides is 1. The van der Waals surface area contributed by atoms with Crippen molar-refractivity contribution in [2.45, 2.75) is 38.3 Å². The predicted molar refractivity (Wildman–Crippen MR) is 128 cm³/mol. The summed E-state index contributed by atoms with van der Waals surface area (Å²) >= 11 is 0. The topological polar surface area (TPSA) is 124 Å². The molecule has 0 aliphatic heterocycles. The van der Waals surface area contributed by atoms with Crippen molar-refractivity contribution < 1.29 is 29.7 Å². The van der Waals surface area contributed by atoms with Crippen LogP contribution in [0.4, 0.5) is 0 Å². The van der Waals surface area contributed by atoms with Crippen LogP contribution in [-0.2, 0) is 11.2 Å². The molecule has 0 aliphatic rings. The molecule has 2 unspecified atom stereocenters. The van der Waals surface area contributed by atoms with Crippen LogP contribution in [0.15, 0.2) is 72.8 Å². The zero-order chi connectivity index (χ0) is 24.8. The lowest BCUT2D eigenvalue weighted by molar-refractivity contribution is -0.148. The van der Waals surface area contributed by atoms with Crippen molar-refractivity contribution in [3.05, 3.63) is 95.1 Å². The molecule has 7 nitrogen and oxygen atoms in total. The molecule has 176 valence electrons. The summed E-state index contributed by atoms with van der Waals surface area (Å²) in [5.74, 6) is -3.01. The Bertz CT molecular complexity index is 1190. The summed E-state index contributed by atoms with van der Waals surface area (Å²) < 4.78 is 0. The Hall–Kier alpha value is -3.97. The number of aliphatic carboxylic acids is 1. The van der Waals surface area contributed by atoms with E-state index in [1.165, 1.54) is 6.07 Å². The Morgan fingerprint density at radius 1 is 0.853 bits per heavy atom.